The van der Waals surface area contributed by atoms with Gasteiger partial charge < -0.3 is 0 Å². The van der Waals surface area contributed by atoms with Gasteiger partial charge in [-0.2, -0.15) is 0 Å². The van der Waals surface area contributed by atoms with Crippen molar-refractivity contribution >= 4 is 0 Å². The molecule has 0 N–H and O–H groups in total. The monoisotopic (exact) mass is 355 g/mol. The second-order valence-corrected chi connectivity index (χ2v) is 7.58. The van der Waals surface area contributed by atoms with Gasteiger partial charge in [0.05, 0.1) is 6.54 Å². The van der Waals surface area contributed by atoms with Crippen LogP contribution in [0, 0.1) is 0 Å². The Morgan fingerprint density at radius 2 is 1.46 bits per heavy atom. The number of unbranched alkanes of at least 4 members (excludes halogenated alkanes) is 5. The molecule has 2 heteroatoms. The predicted molar refractivity (Wildman–Crippen MR) is 112 cm³/mol. The molecule has 0 fully saturated rings. The van der Waals surface area contributed by atoms with Crippen molar-refractivity contribution in [3.8, 4) is 0 Å². The normalized spacial score (nSPS) is 11.2. The highest BCUT2D eigenvalue weighted by atomic mass is 15.1. The van der Waals surface area contributed by atoms with Crippen LogP contribution in [0.1, 0.15) is 89.1 Å². The van der Waals surface area contributed by atoms with Crippen LogP contribution in [0.15, 0.2) is 36.7 Å². The highest BCUT2D eigenvalue weighted by Crippen LogP contribution is 2.16. The summed E-state index contributed by atoms with van der Waals surface area (Å²) in [5.41, 5.74) is 4.59. The summed E-state index contributed by atoms with van der Waals surface area (Å²) >= 11 is 0. The van der Waals surface area contributed by atoms with Crippen LogP contribution in [0.25, 0.3) is 0 Å². The molecule has 0 aliphatic carbocycles. The van der Waals surface area contributed by atoms with Gasteiger partial charge in [-0.15, -0.1) is 0 Å². The van der Waals surface area contributed by atoms with E-state index >= 15 is 0 Å². The molecule has 26 heavy (non-hydrogen) atoms. The molecular formula is C24H39N2+. The number of benzene rings is 1. The lowest BCUT2D eigenvalue weighted by molar-refractivity contribution is -0.695. The molecule has 0 spiro atoms. The number of hydrogen-bond acceptors (Lipinski definition) is 0. The average molecular weight is 356 g/mol. The number of aromatic nitrogens is 2. The van der Waals surface area contributed by atoms with Crippen molar-refractivity contribution in [3.05, 3.63) is 53.6 Å². The first-order valence-electron chi connectivity index (χ1n) is 10.9. The Labute approximate surface area is 161 Å². The summed E-state index contributed by atoms with van der Waals surface area (Å²) in [5.74, 6) is 0. The molecular weight excluding hydrogens is 316 g/mol. The summed E-state index contributed by atoms with van der Waals surface area (Å²) in [7, 11) is 0. The molecule has 2 aromatic rings. The van der Waals surface area contributed by atoms with Crippen molar-refractivity contribution in [2.45, 2.75) is 98.1 Å². The molecule has 0 saturated heterocycles. The Balaban J connectivity index is 2.25. The summed E-state index contributed by atoms with van der Waals surface area (Å²) in [4.78, 5) is 0. The fraction of sp³-hybridized carbons (Fsp3) is 0.625. The van der Waals surface area contributed by atoms with Gasteiger partial charge in [-0.1, -0.05) is 76.8 Å². The van der Waals surface area contributed by atoms with Gasteiger partial charge in [-0.05, 0) is 31.2 Å². The maximum absolute atomic E-state index is 2.58. The first-order valence-corrected chi connectivity index (χ1v) is 10.9. The van der Waals surface area contributed by atoms with E-state index < -0.39 is 0 Å². The van der Waals surface area contributed by atoms with E-state index in [-0.39, 0.29) is 0 Å². The summed E-state index contributed by atoms with van der Waals surface area (Å²) in [6.45, 7) is 9.08. The molecule has 1 heterocycles. The van der Waals surface area contributed by atoms with Gasteiger partial charge in [-0.25, -0.2) is 9.13 Å². The number of rotatable bonds is 13. The molecule has 1 aromatic carbocycles. The topological polar surface area (TPSA) is 8.81 Å². The summed E-state index contributed by atoms with van der Waals surface area (Å²) in [5, 5.41) is 0. The SMILES string of the molecule is CCCCCCn1c[n+](Cc2ccccc2)c(CCCC)c1CCCC. The minimum absolute atomic E-state index is 1.00. The average Bonchev–Trinajstić information content (AvgIpc) is 2.98. The Morgan fingerprint density at radius 1 is 0.769 bits per heavy atom. The van der Waals surface area contributed by atoms with Crippen LogP contribution in [0.2, 0.25) is 0 Å². The number of imidazole rings is 1. The van der Waals surface area contributed by atoms with E-state index in [1.165, 1.54) is 76.3 Å². The van der Waals surface area contributed by atoms with Crippen LogP contribution in [-0.4, -0.2) is 4.57 Å². The minimum atomic E-state index is 1.00. The maximum Gasteiger partial charge on any atom is 0.244 e. The highest BCUT2D eigenvalue weighted by molar-refractivity contribution is 5.14. The van der Waals surface area contributed by atoms with Crippen molar-refractivity contribution in [1.29, 1.82) is 0 Å². The predicted octanol–water partition coefficient (Wildman–Crippen LogP) is 6.09. The van der Waals surface area contributed by atoms with Gasteiger partial charge in [0.25, 0.3) is 0 Å². The zero-order chi connectivity index (χ0) is 18.6. The van der Waals surface area contributed by atoms with E-state index in [1.54, 1.807) is 11.4 Å². The largest absolute Gasteiger partial charge is 0.244 e. The van der Waals surface area contributed by atoms with Crippen molar-refractivity contribution in [3.63, 3.8) is 0 Å². The molecule has 1 aromatic heterocycles. The number of nitrogens with zero attached hydrogens (tertiary/aromatic N) is 2. The Hall–Kier alpha value is -1.57. The van der Waals surface area contributed by atoms with E-state index in [0.717, 1.165) is 6.54 Å². The maximum atomic E-state index is 2.58. The van der Waals surface area contributed by atoms with Crippen LogP contribution in [-0.2, 0) is 25.9 Å². The van der Waals surface area contributed by atoms with Crippen molar-refractivity contribution < 1.29 is 4.57 Å². The third-order valence-corrected chi connectivity index (χ3v) is 5.29. The zero-order valence-corrected chi connectivity index (χ0v) is 17.3. The van der Waals surface area contributed by atoms with Gasteiger partial charge in [0.2, 0.25) is 6.33 Å². The fourth-order valence-electron chi connectivity index (χ4n) is 3.72. The second kappa shape index (κ2) is 11.9. The molecule has 2 rings (SSSR count). The van der Waals surface area contributed by atoms with Crippen molar-refractivity contribution in [2.24, 2.45) is 0 Å². The van der Waals surface area contributed by atoms with E-state index in [1.807, 2.05) is 0 Å². The fourth-order valence-corrected chi connectivity index (χ4v) is 3.72. The Morgan fingerprint density at radius 3 is 2.15 bits per heavy atom. The molecule has 0 radical (unpaired) electrons. The van der Waals surface area contributed by atoms with Gasteiger partial charge in [0.1, 0.15) is 17.9 Å². The van der Waals surface area contributed by atoms with E-state index in [9.17, 15) is 0 Å². The Bertz CT molecular complexity index is 613. The van der Waals surface area contributed by atoms with Crippen LogP contribution in [0.3, 0.4) is 0 Å². The molecule has 0 saturated carbocycles. The first-order chi connectivity index (χ1) is 12.8. The minimum Gasteiger partial charge on any atom is -0.234 e. The van der Waals surface area contributed by atoms with Crippen LogP contribution < -0.4 is 4.57 Å². The summed E-state index contributed by atoms with van der Waals surface area (Å²) in [6, 6.07) is 10.9. The van der Waals surface area contributed by atoms with Crippen molar-refractivity contribution in [1.82, 2.24) is 4.57 Å². The van der Waals surface area contributed by atoms with Gasteiger partial charge in [-0.3, -0.25) is 0 Å². The molecule has 0 aliphatic heterocycles. The molecule has 0 unspecified atom stereocenters. The zero-order valence-electron chi connectivity index (χ0n) is 17.3. The third-order valence-electron chi connectivity index (χ3n) is 5.29. The van der Waals surface area contributed by atoms with E-state index in [2.05, 4.69) is 66.6 Å². The van der Waals surface area contributed by atoms with Crippen LogP contribution in [0.4, 0.5) is 0 Å². The van der Waals surface area contributed by atoms with E-state index in [0.29, 0.717) is 0 Å². The van der Waals surface area contributed by atoms with Crippen LogP contribution >= 0.6 is 0 Å². The molecule has 2 nitrogen and oxygen atoms in total. The number of aryl methyl sites for hydroxylation is 1. The Kier molecular flexibility index (Phi) is 9.52. The quantitative estimate of drug-likeness (QED) is 0.304. The lowest BCUT2D eigenvalue weighted by Gasteiger charge is -2.05. The highest BCUT2D eigenvalue weighted by Gasteiger charge is 2.22. The molecule has 0 aliphatic rings. The lowest BCUT2D eigenvalue weighted by Crippen LogP contribution is -2.37. The van der Waals surface area contributed by atoms with Gasteiger partial charge in [0.15, 0.2) is 0 Å². The molecule has 144 valence electrons. The van der Waals surface area contributed by atoms with E-state index in [4.69, 9.17) is 0 Å². The van der Waals surface area contributed by atoms with Gasteiger partial charge >= 0.3 is 0 Å². The molecule has 0 bridgehead atoms. The lowest BCUT2D eigenvalue weighted by atomic mass is 10.1. The summed E-state index contributed by atoms with van der Waals surface area (Å²) in [6.07, 6.45) is 15.3. The number of hydrogen-bond donors (Lipinski definition) is 0. The third kappa shape index (κ3) is 6.30. The second-order valence-electron chi connectivity index (χ2n) is 7.58. The van der Waals surface area contributed by atoms with Crippen LogP contribution in [0.5, 0.6) is 0 Å². The molecule has 0 amide bonds. The summed E-state index contributed by atoms with van der Waals surface area (Å²) < 4.78 is 5.12. The first kappa shape index (κ1) is 20.7. The standard InChI is InChI=1S/C24H39N2/c1-4-7-10-14-19-25-21-26(20-22-15-12-11-13-16-22)24(18-9-6-3)23(25)17-8-5-2/h11-13,15-16,21H,4-10,14,17-20H2,1-3H3/q+1. The van der Waals surface area contributed by atoms with Crippen molar-refractivity contribution in [2.75, 3.05) is 0 Å². The molecule has 0 atom stereocenters. The smallest absolute Gasteiger partial charge is 0.234 e. The van der Waals surface area contributed by atoms with Gasteiger partial charge in [0, 0.05) is 12.8 Å².